The van der Waals surface area contributed by atoms with Crippen LogP contribution in [0.3, 0.4) is 0 Å². The van der Waals surface area contributed by atoms with E-state index < -0.39 is 17.4 Å². The van der Waals surface area contributed by atoms with Gasteiger partial charge < -0.3 is 15.3 Å². The Labute approximate surface area is 162 Å². The first-order valence-corrected chi connectivity index (χ1v) is 9.50. The summed E-state index contributed by atoms with van der Waals surface area (Å²) in [6, 6.07) is 3.52. The topological polar surface area (TPSA) is 94.8 Å². The van der Waals surface area contributed by atoms with Gasteiger partial charge in [0.05, 0.1) is 0 Å². The summed E-state index contributed by atoms with van der Waals surface area (Å²) in [4.78, 5) is 23.9. The standard InChI is InChI=1S/C22H34O5/c1-8-9-10-22(18(24)25,19(26)27)13-14-11-15(20(2,3)4)17(23)16(12-14)21(5,6)7/h11-12,23H,8-10,13H2,1-7H3,(H,24,25)(H,26,27). The summed E-state index contributed by atoms with van der Waals surface area (Å²) in [5.74, 6) is -2.43. The lowest BCUT2D eigenvalue weighted by atomic mass is 9.73. The summed E-state index contributed by atoms with van der Waals surface area (Å²) in [5.41, 5.74) is -0.562. The van der Waals surface area contributed by atoms with Crippen LogP contribution >= 0.6 is 0 Å². The molecule has 0 bridgehead atoms. The summed E-state index contributed by atoms with van der Waals surface area (Å²) in [7, 11) is 0. The predicted molar refractivity (Wildman–Crippen MR) is 106 cm³/mol. The Morgan fingerprint density at radius 1 is 0.889 bits per heavy atom. The average molecular weight is 379 g/mol. The molecule has 5 heteroatoms. The Bertz CT molecular complexity index is 655. The van der Waals surface area contributed by atoms with Gasteiger partial charge in [-0.1, -0.05) is 73.4 Å². The highest BCUT2D eigenvalue weighted by Crippen LogP contribution is 2.41. The van der Waals surface area contributed by atoms with Crippen LogP contribution in [0.2, 0.25) is 0 Å². The molecule has 152 valence electrons. The smallest absolute Gasteiger partial charge is 0.321 e. The summed E-state index contributed by atoms with van der Waals surface area (Å²) in [6.45, 7) is 13.7. The van der Waals surface area contributed by atoms with Gasteiger partial charge in [0.1, 0.15) is 5.75 Å². The van der Waals surface area contributed by atoms with Crippen molar-refractivity contribution in [1.29, 1.82) is 0 Å². The maximum absolute atomic E-state index is 12.0. The van der Waals surface area contributed by atoms with E-state index in [0.717, 1.165) is 6.42 Å². The van der Waals surface area contributed by atoms with Crippen LogP contribution in [0.15, 0.2) is 12.1 Å². The SMILES string of the molecule is CCCCC(Cc1cc(C(C)(C)C)c(O)c(C(C)(C)C)c1)(C(=O)O)C(=O)O. The molecule has 0 unspecified atom stereocenters. The third kappa shape index (κ3) is 5.02. The fourth-order valence-electron chi connectivity index (χ4n) is 3.31. The lowest BCUT2D eigenvalue weighted by Crippen LogP contribution is -2.41. The van der Waals surface area contributed by atoms with Crippen LogP contribution < -0.4 is 0 Å². The van der Waals surface area contributed by atoms with Gasteiger partial charge in [0.15, 0.2) is 5.41 Å². The fourth-order valence-corrected chi connectivity index (χ4v) is 3.31. The molecule has 0 spiro atoms. The third-order valence-corrected chi connectivity index (χ3v) is 5.07. The van der Waals surface area contributed by atoms with Crippen molar-refractivity contribution in [3.05, 3.63) is 28.8 Å². The first-order chi connectivity index (χ1) is 12.2. The van der Waals surface area contributed by atoms with Gasteiger partial charge in [-0.15, -0.1) is 0 Å². The highest BCUT2D eigenvalue weighted by molar-refractivity contribution is 5.98. The van der Waals surface area contributed by atoms with E-state index in [1.807, 2.05) is 48.5 Å². The molecule has 0 aliphatic rings. The summed E-state index contributed by atoms with van der Waals surface area (Å²) < 4.78 is 0. The Morgan fingerprint density at radius 2 is 1.30 bits per heavy atom. The molecule has 0 fully saturated rings. The molecule has 1 aromatic carbocycles. The molecule has 0 amide bonds. The second-order valence-corrected chi connectivity index (χ2v) is 9.51. The van der Waals surface area contributed by atoms with Crippen molar-refractivity contribution < 1.29 is 24.9 Å². The molecule has 0 saturated heterocycles. The number of unbranched alkanes of at least 4 members (excludes halogenated alkanes) is 1. The summed E-state index contributed by atoms with van der Waals surface area (Å²) in [6.07, 6.45) is 1.21. The van der Waals surface area contributed by atoms with Crippen molar-refractivity contribution in [2.75, 3.05) is 0 Å². The Hall–Kier alpha value is -2.04. The van der Waals surface area contributed by atoms with Gasteiger partial charge in [0, 0.05) is 0 Å². The quantitative estimate of drug-likeness (QED) is 0.588. The molecule has 0 aromatic heterocycles. The van der Waals surface area contributed by atoms with E-state index in [0.29, 0.717) is 23.1 Å². The number of benzene rings is 1. The molecular formula is C22H34O5. The van der Waals surface area contributed by atoms with Crippen molar-refractivity contribution in [1.82, 2.24) is 0 Å². The van der Waals surface area contributed by atoms with Crippen LogP contribution in [0.5, 0.6) is 5.75 Å². The lowest BCUT2D eigenvalue weighted by Gasteiger charge is -2.30. The Balaban J connectivity index is 3.64. The van der Waals surface area contributed by atoms with Gasteiger partial charge in [-0.05, 0) is 40.4 Å². The monoisotopic (exact) mass is 378 g/mol. The molecule has 0 aliphatic carbocycles. The average Bonchev–Trinajstić information content (AvgIpc) is 2.49. The number of phenolic OH excluding ortho intramolecular Hbond substituents is 1. The van der Waals surface area contributed by atoms with Gasteiger partial charge in [-0.2, -0.15) is 0 Å². The number of rotatable bonds is 7. The second kappa shape index (κ2) is 7.91. The minimum Gasteiger partial charge on any atom is -0.507 e. The largest absolute Gasteiger partial charge is 0.507 e. The fraction of sp³-hybridized carbons (Fsp3) is 0.636. The third-order valence-electron chi connectivity index (χ3n) is 5.07. The van der Waals surface area contributed by atoms with Crippen LogP contribution in [0.1, 0.15) is 84.4 Å². The van der Waals surface area contributed by atoms with Crippen LogP contribution in [0, 0.1) is 5.41 Å². The van der Waals surface area contributed by atoms with Crippen molar-refractivity contribution in [2.24, 2.45) is 5.41 Å². The van der Waals surface area contributed by atoms with Crippen molar-refractivity contribution in [3.8, 4) is 5.75 Å². The normalized spacial score (nSPS) is 12.9. The molecule has 0 atom stereocenters. The number of hydrogen-bond donors (Lipinski definition) is 3. The maximum Gasteiger partial charge on any atom is 0.321 e. The van der Waals surface area contributed by atoms with Crippen LogP contribution in [-0.2, 0) is 26.8 Å². The predicted octanol–water partition coefficient (Wildman–Crippen LogP) is 4.88. The highest BCUT2D eigenvalue weighted by atomic mass is 16.4. The van der Waals surface area contributed by atoms with E-state index in [-0.39, 0.29) is 29.4 Å². The van der Waals surface area contributed by atoms with Crippen molar-refractivity contribution in [2.45, 2.75) is 85.0 Å². The zero-order valence-corrected chi connectivity index (χ0v) is 17.6. The summed E-state index contributed by atoms with van der Waals surface area (Å²) in [5, 5.41) is 30.3. The summed E-state index contributed by atoms with van der Waals surface area (Å²) >= 11 is 0. The number of carbonyl (C=O) groups is 2. The molecule has 27 heavy (non-hydrogen) atoms. The molecule has 1 aromatic rings. The molecular weight excluding hydrogens is 344 g/mol. The van der Waals surface area contributed by atoms with Crippen molar-refractivity contribution in [3.63, 3.8) is 0 Å². The Kier molecular flexibility index (Phi) is 6.74. The minimum absolute atomic E-state index is 0.0742. The molecule has 0 radical (unpaired) electrons. The zero-order valence-electron chi connectivity index (χ0n) is 17.6. The number of phenols is 1. The number of aliphatic carboxylic acids is 2. The number of carboxylic acids is 2. The molecule has 0 aliphatic heterocycles. The van der Waals surface area contributed by atoms with Gasteiger partial charge in [0.2, 0.25) is 0 Å². The minimum atomic E-state index is -1.86. The van der Waals surface area contributed by atoms with E-state index in [1.165, 1.54) is 0 Å². The van der Waals surface area contributed by atoms with E-state index in [9.17, 15) is 24.9 Å². The number of carboxylic acid groups (broad SMARTS) is 2. The number of aromatic hydroxyl groups is 1. The molecule has 5 nitrogen and oxygen atoms in total. The zero-order chi connectivity index (χ0) is 21.2. The first kappa shape index (κ1) is 23.0. The van der Waals surface area contributed by atoms with E-state index in [4.69, 9.17) is 0 Å². The second-order valence-electron chi connectivity index (χ2n) is 9.51. The maximum atomic E-state index is 12.0. The molecule has 0 saturated carbocycles. The van der Waals surface area contributed by atoms with E-state index >= 15 is 0 Å². The van der Waals surface area contributed by atoms with E-state index in [2.05, 4.69) is 0 Å². The number of hydrogen-bond acceptors (Lipinski definition) is 3. The van der Waals surface area contributed by atoms with Crippen LogP contribution in [0.4, 0.5) is 0 Å². The molecule has 1 rings (SSSR count). The van der Waals surface area contributed by atoms with Gasteiger partial charge in [-0.3, -0.25) is 9.59 Å². The Morgan fingerprint density at radius 3 is 1.59 bits per heavy atom. The molecule has 3 N–H and O–H groups in total. The van der Waals surface area contributed by atoms with Crippen molar-refractivity contribution >= 4 is 11.9 Å². The van der Waals surface area contributed by atoms with Crippen LogP contribution in [-0.4, -0.2) is 27.3 Å². The molecule has 0 heterocycles. The first-order valence-electron chi connectivity index (χ1n) is 9.50. The van der Waals surface area contributed by atoms with E-state index in [1.54, 1.807) is 12.1 Å². The van der Waals surface area contributed by atoms with Gasteiger partial charge in [-0.25, -0.2) is 0 Å². The van der Waals surface area contributed by atoms with Gasteiger partial charge >= 0.3 is 11.9 Å². The van der Waals surface area contributed by atoms with Crippen LogP contribution in [0.25, 0.3) is 0 Å². The highest BCUT2D eigenvalue weighted by Gasteiger charge is 2.46. The lowest BCUT2D eigenvalue weighted by molar-refractivity contribution is -0.165. The van der Waals surface area contributed by atoms with Gasteiger partial charge in [0.25, 0.3) is 0 Å².